The molecule has 5 nitrogen and oxygen atoms in total. The maximum atomic E-state index is 13.5. The molecule has 0 radical (unpaired) electrons. The molecule has 1 unspecified atom stereocenters. The molecule has 0 spiro atoms. The Morgan fingerprint density at radius 1 is 1.28 bits per heavy atom. The van der Waals surface area contributed by atoms with Gasteiger partial charge in [0.2, 0.25) is 0 Å². The first kappa shape index (κ1) is 15.5. The van der Waals surface area contributed by atoms with Crippen LogP contribution in [-0.2, 0) is 0 Å². The molecule has 0 saturated carbocycles. The van der Waals surface area contributed by atoms with Crippen molar-refractivity contribution in [3.05, 3.63) is 59.5 Å². The Bertz CT molecular complexity index is 951. The van der Waals surface area contributed by atoms with E-state index in [9.17, 15) is 9.18 Å². The fourth-order valence-corrected chi connectivity index (χ4v) is 2.96. The Labute approximate surface area is 143 Å². The average molecular weight is 340 g/mol. The Morgan fingerprint density at radius 2 is 2.08 bits per heavy atom. The lowest BCUT2D eigenvalue weighted by Gasteiger charge is -2.26. The van der Waals surface area contributed by atoms with E-state index in [1.54, 1.807) is 6.07 Å². The smallest absolute Gasteiger partial charge is 0.267 e. The molecule has 1 amide bonds. The molecule has 2 N–H and O–H groups in total. The van der Waals surface area contributed by atoms with Crippen molar-refractivity contribution in [1.29, 1.82) is 0 Å². The monoisotopic (exact) mass is 340 g/mol. The zero-order valence-corrected chi connectivity index (χ0v) is 13.6. The molecule has 6 heteroatoms. The number of halogens is 1. The maximum absolute atomic E-state index is 13.5. The molecular weight excluding hydrogens is 323 g/mol. The van der Waals surface area contributed by atoms with Crippen LogP contribution in [0, 0.1) is 12.7 Å². The summed E-state index contributed by atoms with van der Waals surface area (Å²) >= 11 is 0. The molecule has 0 saturated heterocycles. The highest BCUT2D eigenvalue weighted by Gasteiger charge is 2.21. The third-order valence-electron chi connectivity index (χ3n) is 4.21. The number of benzene rings is 2. The minimum atomic E-state index is -0.328. The van der Waals surface area contributed by atoms with Gasteiger partial charge in [-0.1, -0.05) is 12.1 Å². The molecule has 2 aromatic carbocycles. The lowest BCUT2D eigenvalue weighted by atomic mass is 10.1. The zero-order chi connectivity index (χ0) is 17.4. The van der Waals surface area contributed by atoms with Gasteiger partial charge in [0.05, 0.1) is 6.54 Å². The summed E-state index contributed by atoms with van der Waals surface area (Å²) in [5.41, 5.74) is 1.78. The van der Waals surface area contributed by atoms with Gasteiger partial charge >= 0.3 is 0 Å². The van der Waals surface area contributed by atoms with Gasteiger partial charge in [0.25, 0.3) is 5.91 Å². The first-order valence-corrected chi connectivity index (χ1v) is 8.06. The van der Waals surface area contributed by atoms with Crippen LogP contribution in [0.15, 0.2) is 42.5 Å². The number of carbonyl (C=O) groups excluding carboxylic acids is 1. The SMILES string of the molecule is Cc1cc(F)cc2[nH]c(C(=O)NCC3COc4ccccc4O3)cc12. The maximum Gasteiger partial charge on any atom is 0.267 e. The number of hydrogen-bond donors (Lipinski definition) is 2. The normalized spacial score (nSPS) is 16.0. The summed E-state index contributed by atoms with van der Waals surface area (Å²) in [6.45, 7) is 2.50. The van der Waals surface area contributed by atoms with Gasteiger partial charge in [-0.2, -0.15) is 0 Å². The molecule has 0 bridgehead atoms. The summed E-state index contributed by atoms with van der Waals surface area (Å²) < 4.78 is 24.9. The number of nitrogens with one attached hydrogen (secondary N) is 2. The summed E-state index contributed by atoms with van der Waals surface area (Å²) in [5, 5.41) is 3.66. The molecule has 0 fully saturated rings. The average Bonchev–Trinajstić information content (AvgIpc) is 3.04. The lowest BCUT2D eigenvalue weighted by Crippen LogP contribution is -2.40. The lowest BCUT2D eigenvalue weighted by molar-refractivity contribution is 0.0787. The van der Waals surface area contributed by atoms with E-state index in [1.165, 1.54) is 12.1 Å². The van der Waals surface area contributed by atoms with Gasteiger partial charge in [0.15, 0.2) is 11.5 Å². The van der Waals surface area contributed by atoms with Crippen molar-refractivity contribution in [2.45, 2.75) is 13.0 Å². The summed E-state index contributed by atoms with van der Waals surface area (Å²) in [5.74, 6) is 0.784. The Balaban J connectivity index is 1.44. The Hall–Kier alpha value is -3.02. The van der Waals surface area contributed by atoms with Crippen LogP contribution >= 0.6 is 0 Å². The fourth-order valence-electron chi connectivity index (χ4n) is 2.96. The summed E-state index contributed by atoms with van der Waals surface area (Å²) in [4.78, 5) is 15.3. The molecular formula is C19H17FN2O3. The van der Waals surface area contributed by atoms with E-state index in [0.29, 0.717) is 35.9 Å². The third kappa shape index (κ3) is 3.03. The van der Waals surface area contributed by atoms with Crippen LogP contribution in [0.5, 0.6) is 11.5 Å². The standard InChI is InChI=1S/C19H17FN2O3/c1-11-6-12(20)7-15-14(11)8-16(22-15)19(23)21-9-13-10-24-17-4-2-3-5-18(17)25-13/h2-8,13,22H,9-10H2,1H3,(H,21,23). The first-order chi connectivity index (χ1) is 12.1. The van der Waals surface area contributed by atoms with Gasteiger partial charge < -0.3 is 19.8 Å². The van der Waals surface area contributed by atoms with Crippen molar-refractivity contribution in [2.24, 2.45) is 0 Å². The van der Waals surface area contributed by atoms with Crippen LogP contribution in [0.4, 0.5) is 4.39 Å². The van der Waals surface area contributed by atoms with Crippen LogP contribution in [0.25, 0.3) is 10.9 Å². The third-order valence-corrected chi connectivity index (χ3v) is 4.21. The summed E-state index contributed by atoms with van der Waals surface area (Å²) in [6, 6.07) is 12.0. The Morgan fingerprint density at radius 3 is 2.92 bits per heavy atom. The zero-order valence-electron chi connectivity index (χ0n) is 13.6. The number of para-hydroxylation sites is 2. The van der Waals surface area contributed by atoms with Crippen molar-refractivity contribution in [1.82, 2.24) is 10.3 Å². The topological polar surface area (TPSA) is 63.4 Å². The minimum absolute atomic E-state index is 0.262. The van der Waals surface area contributed by atoms with E-state index in [-0.39, 0.29) is 17.8 Å². The number of amides is 1. The van der Waals surface area contributed by atoms with Gasteiger partial charge in [-0.15, -0.1) is 0 Å². The van der Waals surface area contributed by atoms with Crippen LogP contribution < -0.4 is 14.8 Å². The number of carbonyl (C=O) groups is 1. The second-order valence-corrected chi connectivity index (χ2v) is 6.07. The van der Waals surface area contributed by atoms with Crippen LogP contribution in [0.3, 0.4) is 0 Å². The van der Waals surface area contributed by atoms with Gasteiger partial charge in [-0.3, -0.25) is 4.79 Å². The second-order valence-electron chi connectivity index (χ2n) is 6.07. The highest BCUT2D eigenvalue weighted by atomic mass is 19.1. The highest BCUT2D eigenvalue weighted by Crippen LogP contribution is 2.30. The van der Waals surface area contributed by atoms with Crippen molar-refractivity contribution in [3.63, 3.8) is 0 Å². The molecule has 128 valence electrons. The molecule has 1 atom stereocenters. The minimum Gasteiger partial charge on any atom is -0.486 e. The number of ether oxygens (including phenoxy) is 2. The number of rotatable bonds is 3. The van der Waals surface area contributed by atoms with E-state index >= 15 is 0 Å². The van der Waals surface area contributed by atoms with Crippen molar-refractivity contribution in [2.75, 3.05) is 13.2 Å². The molecule has 1 aliphatic heterocycles. The number of H-pyrrole nitrogens is 1. The fraction of sp³-hybridized carbons (Fsp3) is 0.211. The predicted octanol–water partition coefficient (Wildman–Crippen LogP) is 3.19. The number of aromatic nitrogens is 1. The van der Waals surface area contributed by atoms with E-state index in [4.69, 9.17) is 9.47 Å². The Kier molecular flexibility index (Phi) is 3.80. The summed E-state index contributed by atoms with van der Waals surface area (Å²) in [7, 11) is 0. The second kappa shape index (κ2) is 6.12. The van der Waals surface area contributed by atoms with E-state index in [1.807, 2.05) is 31.2 Å². The highest BCUT2D eigenvalue weighted by molar-refractivity contribution is 5.98. The van der Waals surface area contributed by atoms with Gasteiger partial charge in [-0.05, 0) is 42.8 Å². The molecule has 1 aliphatic rings. The van der Waals surface area contributed by atoms with E-state index in [0.717, 1.165) is 10.9 Å². The molecule has 0 aliphatic carbocycles. The largest absolute Gasteiger partial charge is 0.486 e. The van der Waals surface area contributed by atoms with E-state index < -0.39 is 0 Å². The summed E-state index contributed by atoms with van der Waals surface area (Å²) in [6.07, 6.45) is -0.262. The van der Waals surface area contributed by atoms with Crippen molar-refractivity contribution < 1.29 is 18.7 Å². The van der Waals surface area contributed by atoms with Gasteiger partial charge in [0.1, 0.15) is 24.2 Å². The molecule has 25 heavy (non-hydrogen) atoms. The molecule has 4 rings (SSSR count). The van der Waals surface area contributed by atoms with Crippen LogP contribution in [0.1, 0.15) is 16.1 Å². The molecule has 1 aromatic heterocycles. The molecule has 3 aromatic rings. The number of aromatic amines is 1. The van der Waals surface area contributed by atoms with Crippen LogP contribution in [-0.4, -0.2) is 30.1 Å². The number of fused-ring (bicyclic) bond motifs is 2. The van der Waals surface area contributed by atoms with Gasteiger partial charge in [0, 0.05) is 10.9 Å². The number of hydrogen-bond acceptors (Lipinski definition) is 3. The van der Waals surface area contributed by atoms with Crippen molar-refractivity contribution in [3.8, 4) is 11.5 Å². The quantitative estimate of drug-likeness (QED) is 0.770. The predicted molar refractivity (Wildman–Crippen MR) is 91.7 cm³/mol. The van der Waals surface area contributed by atoms with Gasteiger partial charge in [-0.25, -0.2) is 4.39 Å². The van der Waals surface area contributed by atoms with E-state index in [2.05, 4.69) is 10.3 Å². The first-order valence-electron chi connectivity index (χ1n) is 8.06. The van der Waals surface area contributed by atoms with Crippen LogP contribution in [0.2, 0.25) is 0 Å². The molecule has 2 heterocycles. The van der Waals surface area contributed by atoms with Crippen molar-refractivity contribution >= 4 is 16.8 Å². The number of aryl methyl sites for hydroxylation is 1.